The van der Waals surface area contributed by atoms with Gasteiger partial charge in [-0.3, -0.25) is 19.3 Å². The number of benzene rings is 1. The summed E-state index contributed by atoms with van der Waals surface area (Å²) in [6.07, 6.45) is -2.25. The van der Waals surface area contributed by atoms with Crippen LogP contribution in [0.15, 0.2) is 24.3 Å². The molecule has 1 aliphatic heterocycles. The summed E-state index contributed by atoms with van der Waals surface area (Å²) < 4.78 is 43.4. The molecule has 0 N–H and O–H groups in total. The first-order valence-electron chi connectivity index (χ1n) is 9.38. The van der Waals surface area contributed by atoms with Crippen LogP contribution in [0.1, 0.15) is 56.6 Å². The number of hydrogen-bond acceptors (Lipinski definition) is 4. The van der Waals surface area contributed by atoms with Crippen molar-refractivity contribution in [1.82, 2.24) is 4.90 Å². The van der Waals surface area contributed by atoms with E-state index in [1.165, 1.54) is 12.1 Å². The lowest BCUT2D eigenvalue weighted by Crippen LogP contribution is -2.51. The highest BCUT2D eigenvalue weighted by molar-refractivity contribution is 6.08. The van der Waals surface area contributed by atoms with E-state index in [0.29, 0.717) is 12.0 Å². The second-order valence-corrected chi connectivity index (χ2v) is 6.75. The van der Waals surface area contributed by atoms with E-state index in [-0.39, 0.29) is 19.6 Å². The summed E-state index contributed by atoms with van der Waals surface area (Å²) in [5.74, 6) is -3.91. The highest BCUT2D eigenvalue weighted by Crippen LogP contribution is 2.37. The molecule has 1 heterocycles. The van der Waals surface area contributed by atoms with Gasteiger partial charge >= 0.3 is 12.1 Å². The number of ether oxygens (including phenoxy) is 1. The molecule has 2 unspecified atom stereocenters. The molecule has 2 amide bonds. The van der Waals surface area contributed by atoms with E-state index < -0.39 is 41.4 Å². The summed E-state index contributed by atoms with van der Waals surface area (Å²) in [4.78, 5) is 38.9. The number of rotatable bonds is 7. The summed E-state index contributed by atoms with van der Waals surface area (Å²) in [6.45, 7) is 3.87. The van der Waals surface area contributed by atoms with Crippen molar-refractivity contribution in [3.05, 3.63) is 35.4 Å². The molecule has 28 heavy (non-hydrogen) atoms. The van der Waals surface area contributed by atoms with Crippen LogP contribution in [-0.4, -0.2) is 35.8 Å². The van der Waals surface area contributed by atoms with Crippen molar-refractivity contribution in [3.63, 3.8) is 0 Å². The molecule has 1 aromatic rings. The van der Waals surface area contributed by atoms with Crippen LogP contribution in [0.25, 0.3) is 0 Å². The van der Waals surface area contributed by atoms with E-state index in [0.717, 1.165) is 29.9 Å². The number of imide groups is 1. The Balaban J connectivity index is 2.32. The molecule has 8 heteroatoms. The third kappa shape index (κ3) is 4.91. The van der Waals surface area contributed by atoms with Gasteiger partial charge in [-0.15, -0.1) is 0 Å². The van der Waals surface area contributed by atoms with Gasteiger partial charge in [0.25, 0.3) is 0 Å². The minimum atomic E-state index is -4.49. The average molecular weight is 399 g/mol. The minimum Gasteiger partial charge on any atom is -0.465 e. The zero-order valence-corrected chi connectivity index (χ0v) is 15.9. The second kappa shape index (κ2) is 9.21. The maximum absolute atomic E-state index is 12.9. The average Bonchev–Trinajstić information content (AvgIpc) is 2.63. The third-order valence-electron chi connectivity index (χ3n) is 4.82. The monoisotopic (exact) mass is 399 g/mol. The molecule has 0 radical (unpaired) electrons. The molecule has 5 nitrogen and oxygen atoms in total. The third-order valence-corrected chi connectivity index (χ3v) is 4.82. The van der Waals surface area contributed by atoms with Crippen molar-refractivity contribution < 1.29 is 32.3 Å². The lowest BCUT2D eigenvalue weighted by molar-refractivity contribution is -0.163. The van der Waals surface area contributed by atoms with Crippen LogP contribution >= 0.6 is 0 Å². The van der Waals surface area contributed by atoms with Crippen molar-refractivity contribution in [2.75, 3.05) is 13.2 Å². The quantitative estimate of drug-likeness (QED) is 0.302. The molecule has 2 rings (SSSR count). The van der Waals surface area contributed by atoms with Gasteiger partial charge in [0.2, 0.25) is 11.8 Å². The number of alkyl halides is 3. The van der Waals surface area contributed by atoms with E-state index in [9.17, 15) is 27.6 Å². The molecule has 1 aliphatic rings. The Hall–Kier alpha value is -2.38. The first-order valence-corrected chi connectivity index (χ1v) is 9.38. The van der Waals surface area contributed by atoms with Gasteiger partial charge < -0.3 is 4.74 Å². The Morgan fingerprint density at radius 2 is 1.79 bits per heavy atom. The zero-order chi connectivity index (χ0) is 20.9. The second-order valence-electron chi connectivity index (χ2n) is 6.75. The molecule has 0 aromatic heterocycles. The van der Waals surface area contributed by atoms with Crippen LogP contribution in [0.5, 0.6) is 0 Å². The van der Waals surface area contributed by atoms with Crippen LogP contribution in [0.4, 0.5) is 13.2 Å². The predicted molar refractivity (Wildman–Crippen MR) is 95.2 cm³/mol. The van der Waals surface area contributed by atoms with Gasteiger partial charge in [0.05, 0.1) is 12.2 Å². The van der Waals surface area contributed by atoms with Gasteiger partial charge in [-0.2, -0.15) is 13.2 Å². The summed E-state index contributed by atoms with van der Waals surface area (Å²) >= 11 is 0. The van der Waals surface area contributed by atoms with Gasteiger partial charge in [0.15, 0.2) is 0 Å². The summed E-state index contributed by atoms with van der Waals surface area (Å²) in [5, 5.41) is 0. The topological polar surface area (TPSA) is 63.7 Å². The van der Waals surface area contributed by atoms with Crippen molar-refractivity contribution in [2.45, 2.75) is 51.6 Å². The van der Waals surface area contributed by atoms with Gasteiger partial charge in [0, 0.05) is 18.9 Å². The summed E-state index contributed by atoms with van der Waals surface area (Å²) in [6, 6.07) is 4.21. The van der Waals surface area contributed by atoms with E-state index in [1.807, 2.05) is 6.92 Å². The summed E-state index contributed by atoms with van der Waals surface area (Å²) in [5.41, 5.74) is -0.500. The fourth-order valence-corrected chi connectivity index (χ4v) is 3.36. The smallest absolute Gasteiger partial charge is 0.416 e. The van der Waals surface area contributed by atoms with Crippen molar-refractivity contribution >= 4 is 17.8 Å². The van der Waals surface area contributed by atoms with Crippen LogP contribution in [0.2, 0.25) is 0 Å². The Morgan fingerprint density at radius 3 is 2.32 bits per heavy atom. The molecule has 1 fully saturated rings. The number of nitrogens with zero attached hydrogens (tertiary/aromatic N) is 1. The minimum absolute atomic E-state index is 0.0616. The molecule has 154 valence electrons. The lowest BCUT2D eigenvalue weighted by atomic mass is 9.79. The van der Waals surface area contributed by atoms with Gasteiger partial charge in [0.1, 0.15) is 5.92 Å². The van der Waals surface area contributed by atoms with Crippen LogP contribution < -0.4 is 0 Å². The molecule has 2 atom stereocenters. The van der Waals surface area contributed by atoms with Crippen molar-refractivity contribution in [2.24, 2.45) is 5.92 Å². The van der Waals surface area contributed by atoms with E-state index in [1.54, 1.807) is 6.92 Å². The highest BCUT2D eigenvalue weighted by atomic mass is 19.4. The number of carbonyl (C=O) groups is 3. The maximum Gasteiger partial charge on any atom is 0.416 e. The fourth-order valence-electron chi connectivity index (χ4n) is 3.36. The first-order chi connectivity index (χ1) is 13.2. The number of carbonyl (C=O) groups excluding carboxylic acids is 3. The fraction of sp³-hybridized carbons (Fsp3) is 0.550. The largest absolute Gasteiger partial charge is 0.465 e. The molecular weight excluding hydrogens is 375 g/mol. The number of unbranched alkanes of at least 4 members (excludes halogenated alkanes) is 2. The number of amides is 2. The number of piperidine rings is 1. The van der Waals surface area contributed by atoms with E-state index in [2.05, 4.69) is 0 Å². The van der Waals surface area contributed by atoms with Crippen LogP contribution in [0.3, 0.4) is 0 Å². The lowest BCUT2D eigenvalue weighted by Gasteiger charge is -2.35. The van der Waals surface area contributed by atoms with Crippen molar-refractivity contribution in [1.29, 1.82) is 0 Å². The Kier molecular flexibility index (Phi) is 7.21. The van der Waals surface area contributed by atoms with E-state index >= 15 is 0 Å². The highest BCUT2D eigenvalue weighted by Gasteiger charge is 2.46. The van der Waals surface area contributed by atoms with Crippen LogP contribution in [-0.2, 0) is 25.3 Å². The van der Waals surface area contributed by atoms with Gasteiger partial charge in [-0.25, -0.2) is 0 Å². The molecule has 0 saturated carbocycles. The standard InChI is InChI=1S/C20H24F3NO4/c1-3-5-6-11-24-16(25)12-15(17(18(24)26)19(27)28-4-2)13-7-9-14(10-8-13)20(21,22)23/h7-10,15,17H,3-6,11-12H2,1-2H3. The number of hydrogen-bond donors (Lipinski definition) is 0. The number of halogens is 3. The molecule has 1 saturated heterocycles. The van der Waals surface area contributed by atoms with Gasteiger partial charge in [-0.05, 0) is 31.0 Å². The molecule has 0 spiro atoms. The zero-order valence-electron chi connectivity index (χ0n) is 15.9. The predicted octanol–water partition coefficient (Wildman–Crippen LogP) is 3.92. The Bertz CT molecular complexity index is 715. The van der Waals surface area contributed by atoms with Gasteiger partial charge in [-0.1, -0.05) is 31.9 Å². The first kappa shape index (κ1) is 21.9. The summed E-state index contributed by atoms with van der Waals surface area (Å²) in [7, 11) is 0. The number of esters is 1. The number of likely N-dealkylation sites (tertiary alicyclic amines) is 1. The van der Waals surface area contributed by atoms with E-state index in [4.69, 9.17) is 4.74 Å². The Labute approximate surface area is 161 Å². The normalized spacial score (nSPS) is 20.4. The maximum atomic E-state index is 12.9. The SMILES string of the molecule is CCCCCN1C(=O)CC(c2ccc(C(F)(F)F)cc2)C(C(=O)OCC)C1=O. The van der Waals surface area contributed by atoms with Crippen molar-refractivity contribution in [3.8, 4) is 0 Å². The molecule has 0 aliphatic carbocycles. The molecular formula is C20H24F3NO4. The van der Waals surface area contributed by atoms with Crippen LogP contribution in [0, 0.1) is 5.92 Å². The molecule has 0 bridgehead atoms. The Morgan fingerprint density at radius 1 is 1.14 bits per heavy atom. The molecule has 1 aromatic carbocycles.